The molecule has 0 atom stereocenters. The Bertz CT molecular complexity index is 827. The van der Waals surface area contributed by atoms with E-state index in [4.69, 9.17) is 21.1 Å². The molecule has 0 saturated carbocycles. The first kappa shape index (κ1) is 21.0. The first-order valence-corrected chi connectivity index (χ1v) is 8.76. The van der Waals surface area contributed by atoms with Gasteiger partial charge in [0.15, 0.2) is 11.5 Å². The molecule has 0 aliphatic rings. The van der Waals surface area contributed by atoms with Crippen LogP contribution in [-0.2, 0) is 19.7 Å². The summed E-state index contributed by atoms with van der Waals surface area (Å²) in [5, 5.41) is 4.13. The van der Waals surface area contributed by atoms with E-state index in [1.54, 1.807) is 19.5 Å². The van der Waals surface area contributed by atoms with Gasteiger partial charge >= 0.3 is 0 Å². The topological polar surface area (TPSA) is 43.4 Å². The smallest absolute Gasteiger partial charge is 0.161 e. The van der Waals surface area contributed by atoms with E-state index in [0.717, 1.165) is 40.7 Å². The first-order chi connectivity index (χ1) is 12.7. The molecule has 3 rings (SSSR count). The van der Waals surface area contributed by atoms with Gasteiger partial charge in [-0.25, -0.2) is 0 Å². The van der Waals surface area contributed by atoms with E-state index in [2.05, 4.69) is 10.3 Å². The molecule has 6 heteroatoms. The zero-order valence-corrected chi connectivity index (χ0v) is 16.6. The van der Waals surface area contributed by atoms with Crippen molar-refractivity contribution in [3.05, 3.63) is 88.7 Å². The van der Waals surface area contributed by atoms with Crippen molar-refractivity contribution < 1.29 is 9.47 Å². The van der Waals surface area contributed by atoms with E-state index in [0.29, 0.717) is 6.61 Å². The van der Waals surface area contributed by atoms with Crippen LogP contribution in [0.2, 0.25) is 5.02 Å². The number of aromatic nitrogens is 1. The molecule has 1 N–H and O–H groups in total. The van der Waals surface area contributed by atoms with E-state index in [9.17, 15) is 0 Å². The number of halogens is 2. The van der Waals surface area contributed by atoms with E-state index in [1.165, 1.54) is 5.56 Å². The minimum absolute atomic E-state index is 0. The highest BCUT2D eigenvalue weighted by Gasteiger charge is 2.06. The Labute approximate surface area is 170 Å². The lowest BCUT2D eigenvalue weighted by Crippen LogP contribution is -2.12. The number of ether oxygens (including phenoxy) is 2. The van der Waals surface area contributed by atoms with Gasteiger partial charge in [0.05, 0.1) is 7.11 Å². The number of methoxy groups -OCH3 is 1. The quantitative estimate of drug-likeness (QED) is 0.571. The maximum absolute atomic E-state index is 5.90. The monoisotopic (exact) mass is 404 g/mol. The second-order valence-electron chi connectivity index (χ2n) is 5.86. The number of nitrogens with one attached hydrogen (secondary N) is 1. The molecule has 0 spiro atoms. The summed E-state index contributed by atoms with van der Waals surface area (Å²) in [6.45, 7) is 2.00. The minimum atomic E-state index is 0. The van der Waals surface area contributed by atoms with E-state index >= 15 is 0 Å². The van der Waals surface area contributed by atoms with Crippen LogP contribution in [0.1, 0.15) is 16.7 Å². The van der Waals surface area contributed by atoms with Crippen molar-refractivity contribution in [3.8, 4) is 11.5 Å². The lowest BCUT2D eigenvalue weighted by Gasteiger charge is -2.13. The van der Waals surface area contributed by atoms with Gasteiger partial charge in [0, 0.05) is 30.5 Å². The van der Waals surface area contributed by atoms with E-state index < -0.39 is 0 Å². The fourth-order valence-electron chi connectivity index (χ4n) is 2.53. The third-order valence-corrected chi connectivity index (χ3v) is 4.20. The average Bonchev–Trinajstić information content (AvgIpc) is 2.69. The fourth-order valence-corrected chi connectivity index (χ4v) is 2.66. The highest BCUT2D eigenvalue weighted by Crippen LogP contribution is 2.29. The van der Waals surface area contributed by atoms with Crippen molar-refractivity contribution in [3.63, 3.8) is 0 Å². The van der Waals surface area contributed by atoms with Crippen LogP contribution < -0.4 is 14.8 Å². The second kappa shape index (κ2) is 10.8. The van der Waals surface area contributed by atoms with Crippen LogP contribution >= 0.6 is 24.0 Å². The molecule has 3 aromatic rings. The molecule has 4 nitrogen and oxygen atoms in total. The SMILES string of the molecule is COc1cc(CNCc2ccncc2)ccc1OCc1ccc(Cl)cc1.Cl. The number of hydrogen-bond donors (Lipinski definition) is 1. The van der Waals surface area contributed by atoms with Crippen LogP contribution in [-0.4, -0.2) is 12.1 Å². The highest BCUT2D eigenvalue weighted by atomic mass is 35.5. The largest absolute Gasteiger partial charge is 0.493 e. The van der Waals surface area contributed by atoms with Gasteiger partial charge < -0.3 is 14.8 Å². The Morgan fingerprint density at radius 2 is 1.52 bits per heavy atom. The predicted octanol–water partition coefficient (Wildman–Crippen LogP) is 5.03. The molecule has 0 aliphatic heterocycles. The maximum atomic E-state index is 5.90. The summed E-state index contributed by atoms with van der Waals surface area (Å²) in [6, 6.07) is 17.6. The van der Waals surface area contributed by atoms with Crippen molar-refractivity contribution in [2.24, 2.45) is 0 Å². The Morgan fingerprint density at radius 1 is 0.852 bits per heavy atom. The number of nitrogens with zero attached hydrogens (tertiary/aromatic N) is 1. The van der Waals surface area contributed by atoms with Crippen LogP contribution in [0.5, 0.6) is 11.5 Å². The Kier molecular flexibility index (Phi) is 8.40. The van der Waals surface area contributed by atoms with Crippen LogP contribution in [0.3, 0.4) is 0 Å². The van der Waals surface area contributed by atoms with Crippen molar-refractivity contribution in [2.75, 3.05) is 7.11 Å². The van der Waals surface area contributed by atoms with Crippen LogP contribution in [0.4, 0.5) is 0 Å². The van der Waals surface area contributed by atoms with Gasteiger partial charge in [-0.2, -0.15) is 0 Å². The van der Waals surface area contributed by atoms with Crippen LogP contribution in [0.25, 0.3) is 0 Å². The molecule has 0 aliphatic carbocycles. The standard InChI is InChI=1S/C21H21ClN2O2.ClH/c1-25-21-12-18(14-24-13-16-8-10-23-11-9-16)4-7-20(21)26-15-17-2-5-19(22)6-3-17;/h2-12,24H,13-15H2,1H3;1H. The molecule has 27 heavy (non-hydrogen) atoms. The molecule has 0 unspecified atom stereocenters. The lowest BCUT2D eigenvalue weighted by molar-refractivity contribution is 0.284. The average molecular weight is 405 g/mol. The molecule has 2 aromatic carbocycles. The highest BCUT2D eigenvalue weighted by molar-refractivity contribution is 6.30. The van der Waals surface area contributed by atoms with Crippen LogP contribution in [0, 0.1) is 0 Å². The Morgan fingerprint density at radius 3 is 2.22 bits per heavy atom. The molecule has 1 heterocycles. The molecule has 0 amide bonds. The third-order valence-electron chi connectivity index (χ3n) is 3.94. The van der Waals surface area contributed by atoms with Crippen molar-refractivity contribution in [1.82, 2.24) is 10.3 Å². The van der Waals surface area contributed by atoms with Gasteiger partial charge in [0.1, 0.15) is 6.61 Å². The molecule has 0 radical (unpaired) electrons. The predicted molar refractivity (Wildman–Crippen MR) is 111 cm³/mol. The molecule has 142 valence electrons. The van der Waals surface area contributed by atoms with E-state index in [-0.39, 0.29) is 12.4 Å². The molecule has 1 aromatic heterocycles. The minimum Gasteiger partial charge on any atom is -0.493 e. The summed E-state index contributed by atoms with van der Waals surface area (Å²) < 4.78 is 11.4. The zero-order valence-electron chi connectivity index (χ0n) is 15.0. The summed E-state index contributed by atoms with van der Waals surface area (Å²) in [5.74, 6) is 1.45. The number of benzene rings is 2. The number of rotatable bonds is 8. The Hall–Kier alpha value is -2.27. The van der Waals surface area contributed by atoms with Gasteiger partial charge in [-0.05, 0) is 53.1 Å². The normalized spacial score (nSPS) is 10.1. The molecule has 0 saturated heterocycles. The van der Waals surface area contributed by atoms with Gasteiger partial charge in [0.25, 0.3) is 0 Å². The second-order valence-corrected chi connectivity index (χ2v) is 6.30. The molecule has 0 bridgehead atoms. The van der Waals surface area contributed by atoms with Crippen molar-refractivity contribution in [1.29, 1.82) is 0 Å². The summed E-state index contributed by atoms with van der Waals surface area (Å²) in [6.07, 6.45) is 3.60. The van der Waals surface area contributed by atoms with Crippen molar-refractivity contribution in [2.45, 2.75) is 19.7 Å². The number of pyridine rings is 1. The number of hydrogen-bond acceptors (Lipinski definition) is 4. The van der Waals surface area contributed by atoms with E-state index in [1.807, 2.05) is 54.6 Å². The van der Waals surface area contributed by atoms with Crippen LogP contribution in [0.15, 0.2) is 67.0 Å². The van der Waals surface area contributed by atoms with Gasteiger partial charge in [-0.1, -0.05) is 29.8 Å². The summed E-state index contributed by atoms with van der Waals surface area (Å²) >= 11 is 5.90. The summed E-state index contributed by atoms with van der Waals surface area (Å²) in [5.41, 5.74) is 3.39. The third kappa shape index (κ3) is 6.43. The van der Waals surface area contributed by atoms with Crippen molar-refractivity contribution >= 4 is 24.0 Å². The first-order valence-electron chi connectivity index (χ1n) is 8.38. The summed E-state index contributed by atoms with van der Waals surface area (Å²) in [4.78, 5) is 4.02. The summed E-state index contributed by atoms with van der Waals surface area (Å²) in [7, 11) is 1.65. The van der Waals surface area contributed by atoms with Gasteiger partial charge in [-0.15, -0.1) is 12.4 Å². The molecular weight excluding hydrogens is 383 g/mol. The molecule has 0 fully saturated rings. The fraction of sp³-hybridized carbons (Fsp3) is 0.190. The zero-order chi connectivity index (χ0) is 18.2. The Balaban J connectivity index is 0.00000261. The maximum Gasteiger partial charge on any atom is 0.161 e. The van der Waals surface area contributed by atoms with Gasteiger partial charge in [0.2, 0.25) is 0 Å². The lowest BCUT2D eigenvalue weighted by atomic mass is 10.2. The van der Waals surface area contributed by atoms with Gasteiger partial charge in [-0.3, -0.25) is 4.98 Å². The molecular formula is C21H22Cl2N2O2.